The number of benzene rings is 2. The van der Waals surface area contributed by atoms with Gasteiger partial charge in [-0.05, 0) is 51.8 Å². The first kappa shape index (κ1) is 23.0. The minimum absolute atomic E-state index is 0.250. The van der Waals surface area contributed by atoms with E-state index >= 15 is 0 Å². The van der Waals surface area contributed by atoms with E-state index in [9.17, 15) is 9.59 Å². The van der Waals surface area contributed by atoms with Gasteiger partial charge in [0.1, 0.15) is 0 Å². The molecular formula is C20H22BrN3O6. The predicted molar refractivity (Wildman–Crippen MR) is 115 cm³/mol. The second kappa shape index (κ2) is 11.1. The minimum atomic E-state index is -0.486. The number of carbonyl (C=O) groups is 2. The summed E-state index contributed by atoms with van der Waals surface area (Å²) in [7, 11) is 6.03. The molecule has 0 spiro atoms. The number of carbonyl (C=O) groups excluding carboxylic acids is 2. The van der Waals surface area contributed by atoms with Gasteiger partial charge in [0.2, 0.25) is 0 Å². The summed E-state index contributed by atoms with van der Waals surface area (Å²) >= 11 is 3.38. The zero-order valence-electron chi connectivity index (χ0n) is 16.9. The van der Waals surface area contributed by atoms with Gasteiger partial charge in [-0.2, -0.15) is 5.10 Å². The molecule has 2 aromatic rings. The van der Waals surface area contributed by atoms with Gasteiger partial charge in [-0.15, -0.1) is 0 Å². The van der Waals surface area contributed by atoms with Crippen molar-refractivity contribution < 1.29 is 28.5 Å². The van der Waals surface area contributed by atoms with E-state index in [0.29, 0.717) is 38.6 Å². The summed E-state index contributed by atoms with van der Waals surface area (Å²) in [4.78, 5) is 24.2. The Bertz CT molecular complexity index is 948. The third kappa shape index (κ3) is 5.86. The van der Waals surface area contributed by atoms with E-state index in [1.807, 2.05) is 0 Å². The molecule has 0 aliphatic rings. The molecule has 0 atom stereocenters. The van der Waals surface area contributed by atoms with Crippen molar-refractivity contribution in [2.45, 2.75) is 0 Å². The van der Waals surface area contributed by atoms with Gasteiger partial charge in [0.25, 0.3) is 11.8 Å². The normalized spacial score (nSPS) is 10.4. The highest BCUT2D eigenvalue weighted by atomic mass is 79.9. The predicted octanol–water partition coefficient (Wildman–Crippen LogP) is 2.36. The number of nitrogens with zero attached hydrogens (tertiary/aromatic N) is 1. The first-order valence-corrected chi connectivity index (χ1v) is 9.46. The Labute approximate surface area is 182 Å². The van der Waals surface area contributed by atoms with Crippen molar-refractivity contribution >= 4 is 34.0 Å². The van der Waals surface area contributed by atoms with Crippen LogP contribution in [0, 0.1) is 0 Å². The second-order valence-electron chi connectivity index (χ2n) is 5.78. The van der Waals surface area contributed by atoms with E-state index in [1.54, 1.807) is 24.3 Å². The topological polar surface area (TPSA) is 107 Å². The van der Waals surface area contributed by atoms with Crippen LogP contribution in [0.2, 0.25) is 0 Å². The minimum Gasteiger partial charge on any atom is -0.493 e. The molecule has 0 aliphatic heterocycles. The van der Waals surface area contributed by atoms with Gasteiger partial charge in [0.15, 0.2) is 23.0 Å². The Morgan fingerprint density at radius 1 is 0.967 bits per heavy atom. The molecule has 0 heterocycles. The third-order valence-corrected chi connectivity index (χ3v) is 4.50. The molecule has 2 aromatic carbocycles. The zero-order chi connectivity index (χ0) is 22.1. The molecule has 160 valence electrons. The van der Waals surface area contributed by atoms with Gasteiger partial charge in [-0.1, -0.05) is 0 Å². The summed E-state index contributed by atoms with van der Waals surface area (Å²) in [5, 5.41) is 6.40. The number of hydrazone groups is 1. The van der Waals surface area contributed by atoms with Gasteiger partial charge >= 0.3 is 0 Å². The Balaban J connectivity index is 1.92. The summed E-state index contributed by atoms with van der Waals surface area (Å²) < 4.78 is 21.5. The van der Waals surface area contributed by atoms with Crippen LogP contribution in [-0.2, 0) is 4.79 Å². The second-order valence-corrected chi connectivity index (χ2v) is 6.64. The maximum Gasteiger partial charge on any atom is 0.259 e. The summed E-state index contributed by atoms with van der Waals surface area (Å²) in [6.07, 6.45) is 1.45. The monoisotopic (exact) mass is 479 g/mol. The van der Waals surface area contributed by atoms with Crippen LogP contribution < -0.4 is 29.7 Å². The molecule has 0 aromatic heterocycles. The largest absolute Gasteiger partial charge is 0.493 e. The average Bonchev–Trinajstić information content (AvgIpc) is 2.76. The lowest BCUT2D eigenvalue weighted by Crippen LogP contribution is -2.34. The maximum absolute atomic E-state index is 12.2. The molecule has 0 aliphatic carbocycles. The molecule has 0 unspecified atom stereocenters. The molecule has 2 rings (SSSR count). The molecule has 2 amide bonds. The van der Waals surface area contributed by atoms with Crippen LogP contribution in [0.15, 0.2) is 39.9 Å². The lowest BCUT2D eigenvalue weighted by atomic mass is 10.2. The van der Waals surface area contributed by atoms with E-state index in [2.05, 4.69) is 31.8 Å². The maximum atomic E-state index is 12.2. The number of nitrogens with one attached hydrogen (secondary N) is 2. The summed E-state index contributed by atoms with van der Waals surface area (Å²) in [5.74, 6) is 1.07. The molecule has 0 fully saturated rings. The van der Waals surface area contributed by atoms with Crippen LogP contribution in [0.5, 0.6) is 23.0 Å². The van der Waals surface area contributed by atoms with Gasteiger partial charge < -0.3 is 24.3 Å². The van der Waals surface area contributed by atoms with Crippen molar-refractivity contribution in [1.82, 2.24) is 10.7 Å². The fourth-order valence-electron chi connectivity index (χ4n) is 2.47. The number of methoxy groups -OCH3 is 4. The molecule has 9 nitrogen and oxygen atoms in total. The van der Waals surface area contributed by atoms with Crippen molar-refractivity contribution in [3.05, 3.63) is 45.9 Å². The molecule has 0 radical (unpaired) electrons. The number of hydrogen-bond donors (Lipinski definition) is 2. The Morgan fingerprint density at radius 3 is 2.30 bits per heavy atom. The van der Waals surface area contributed by atoms with Crippen LogP contribution in [0.3, 0.4) is 0 Å². The fourth-order valence-corrected chi connectivity index (χ4v) is 3.09. The number of halogens is 1. The standard InChI is InChI=1S/C20H22BrN3O6/c1-27-15-6-5-13(9-16(15)28-2)20(26)22-11-18(25)24-23-10-12-7-14(21)19(30-4)17(8-12)29-3/h5-10H,11H2,1-4H3,(H,22,26)(H,24,25)/b23-10+. The van der Waals surface area contributed by atoms with Crippen LogP contribution in [0.1, 0.15) is 15.9 Å². The SMILES string of the molecule is COc1ccc(C(=O)NCC(=O)N/N=C/c2cc(Br)c(OC)c(OC)c2)cc1OC. The average molecular weight is 480 g/mol. The quantitative estimate of drug-likeness (QED) is 0.422. The van der Waals surface area contributed by atoms with Gasteiger partial charge in [0.05, 0.1) is 45.7 Å². The van der Waals surface area contributed by atoms with E-state index in [-0.39, 0.29) is 6.54 Å². The highest BCUT2D eigenvalue weighted by Gasteiger charge is 2.12. The lowest BCUT2D eigenvalue weighted by molar-refractivity contribution is -0.120. The van der Waals surface area contributed by atoms with Crippen LogP contribution in [0.25, 0.3) is 0 Å². The van der Waals surface area contributed by atoms with E-state index in [1.165, 1.54) is 40.7 Å². The van der Waals surface area contributed by atoms with E-state index in [4.69, 9.17) is 18.9 Å². The van der Waals surface area contributed by atoms with Crippen molar-refractivity contribution in [1.29, 1.82) is 0 Å². The first-order valence-electron chi connectivity index (χ1n) is 8.67. The highest BCUT2D eigenvalue weighted by molar-refractivity contribution is 9.10. The van der Waals surface area contributed by atoms with Crippen molar-refractivity contribution in [2.24, 2.45) is 5.10 Å². The smallest absolute Gasteiger partial charge is 0.259 e. The third-order valence-electron chi connectivity index (χ3n) is 3.91. The van der Waals surface area contributed by atoms with Gasteiger partial charge in [-0.3, -0.25) is 9.59 Å². The van der Waals surface area contributed by atoms with E-state index < -0.39 is 11.8 Å². The van der Waals surface area contributed by atoms with E-state index in [0.717, 1.165) is 0 Å². The Morgan fingerprint density at radius 2 is 1.67 bits per heavy atom. The Hall–Kier alpha value is -3.27. The molecule has 0 bridgehead atoms. The van der Waals surface area contributed by atoms with Crippen molar-refractivity contribution in [3.63, 3.8) is 0 Å². The Kier molecular flexibility index (Phi) is 8.48. The number of ether oxygens (including phenoxy) is 4. The summed E-state index contributed by atoms with van der Waals surface area (Å²) in [5.41, 5.74) is 3.36. The van der Waals surface area contributed by atoms with Crippen LogP contribution >= 0.6 is 15.9 Å². The molecule has 2 N–H and O–H groups in total. The molecule has 30 heavy (non-hydrogen) atoms. The zero-order valence-corrected chi connectivity index (χ0v) is 18.5. The van der Waals surface area contributed by atoms with Crippen LogP contribution in [0.4, 0.5) is 0 Å². The highest BCUT2D eigenvalue weighted by Crippen LogP contribution is 2.35. The summed E-state index contributed by atoms with van der Waals surface area (Å²) in [6.45, 7) is -0.250. The molecule has 0 saturated carbocycles. The molecule has 0 saturated heterocycles. The summed E-state index contributed by atoms with van der Waals surface area (Å²) in [6, 6.07) is 8.17. The number of amides is 2. The van der Waals surface area contributed by atoms with Crippen molar-refractivity contribution in [2.75, 3.05) is 35.0 Å². The fraction of sp³-hybridized carbons (Fsp3) is 0.250. The van der Waals surface area contributed by atoms with Gasteiger partial charge in [0, 0.05) is 5.56 Å². The van der Waals surface area contributed by atoms with Crippen LogP contribution in [-0.4, -0.2) is 53.0 Å². The number of hydrogen-bond acceptors (Lipinski definition) is 7. The first-order chi connectivity index (χ1) is 14.4. The van der Waals surface area contributed by atoms with Gasteiger partial charge in [-0.25, -0.2) is 5.43 Å². The number of rotatable bonds is 9. The molecular weight excluding hydrogens is 458 g/mol. The lowest BCUT2D eigenvalue weighted by Gasteiger charge is -2.10. The molecule has 10 heteroatoms. The van der Waals surface area contributed by atoms with Crippen molar-refractivity contribution in [3.8, 4) is 23.0 Å².